The van der Waals surface area contributed by atoms with E-state index in [4.69, 9.17) is 31.1 Å². The minimum absolute atomic E-state index is 0.462. The van der Waals surface area contributed by atoms with Gasteiger partial charge in [0, 0.05) is 43.9 Å². The summed E-state index contributed by atoms with van der Waals surface area (Å²) in [4.78, 5) is 1.45. The molecule has 0 fully saturated rings. The van der Waals surface area contributed by atoms with Crippen molar-refractivity contribution in [2.75, 3.05) is 0 Å². The van der Waals surface area contributed by atoms with Crippen LogP contribution in [0, 0.1) is 0 Å². The van der Waals surface area contributed by atoms with Crippen LogP contribution in [0.25, 0.3) is 0 Å². The van der Waals surface area contributed by atoms with Crippen LogP contribution in [0.3, 0.4) is 0 Å². The molecule has 134 valence electrons. The summed E-state index contributed by atoms with van der Waals surface area (Å²) in [5, 5.41) is 1.61. The van der Waals surface area contributed by atoms with Crippen LogP contribution < -0.4 is 5.30 Å². The highest BCUT2D eigenvalue weighted by Crippen LogP contribution is 2.55. The van der Waals surface area contributed by atoms with E-state index in [1.807, 2.05) is 18.2 Å². The molecule has 0 radical (unpaired) electrons. The van der Waals surface area contributed by atoms with Crippen molar-refractivity contribution >= 4 is 60.2 Å². The predicted octanol–water partition coefficient (Wildman–Crippen LogP) is 7.26. The van der Waals surface area contributed by atoms with E-state index in [-0.39, 0.29) is 0 Å². The molecule has 0 amide bonds. The van der Waals surface area contributed by atoms with Crippen LogP contribution in [0.4, 0.5) is 0 Å². The monoisotopic (exact) mass is 442 g/mol. The third kappa shape index (κ3) is 5.54. The molecule has 0 aromatic heterocycles. The Balaban J connectivity index is 1.79. The van der Waals surface area contributed by atoms with E-state index in [1.54, 1.807) is 60.7 Å². The summed E-state index contributed by atoms with van der Waals surface area (Å²) < 4.78 is 24.7. The molecule has 0 bridgehead atoms. The lowest BCUT2D eigenvalue weighted by atomic mass is 10.4. The van der Waals surface area contributed by atoms with Crippen molar-refractivity contribution in [3.63, 3.8) is 0 Å². The zero-order chi connectivity index (χ0) is 18.4. The van der Waals surface area contributed by atoms with Gasteiger partial charge in [-0.15, -0.1) is 0 Å². The first-order valence-electron chi connectivity index (χ1n) is 7.44. The van der Waals surface area contributed by atoms with E-state index >= 15 is 0 Å². The third-order valence-corrected chi connectivity index (χ3v) is 7.59. The average Bonchev–Trinajstić information content (AvgIpc) is 2.66. The topological polar surface area (TPSA) is 35.5 Å². The molecular formula is C18H13Cl2O3PS2. The summed E-state index contributed by atoms with van der Waals surface area (Å²) in [6, 6.07) is 23.0. The minimum atomic E-state index is -3.59. The molecule has 0 spiro atoms. The van der Waals surface area contributed by atoms with Gasteiger partial charge in [-0.25, -0.2) is 7.94 Å². The second kappa shape index (κ2) is 9.34. The summed E-state index contributed by atoms with van der Waals surface area (Å²) in [6.45, 7) is 0. The molecule has 3 nitrogen and oxygen atoms in total. The van der Waals surface area contributed by atoms with E-state index in [1.165, 1.54) is 0 Å². The molecule has 3 aromatic carbocycles. The molecule has 0 heterocycles. The molecule has 3 rings (SSSR count). The standard InChI is InChI=1S/C18H13Cl2O3PS2/c19-14-6-4-10-17(12-14)25-22-24(21,16-8-2-1-3-9-16)23-26-18-11-5-7-15(20)13-18/h1-13H. The normalized spacial score (nSPS) is 11.5. The Morgan fingerprint density at radius 2 is 1.19 bits per heavy atom. The Hall–Kier alpha value is -0.910. The number of hydrogen-bond donors (Lipinski definition) is 0. The Bertz CT molecular complexity index is 872. The fraction of sp³-hybridized carbons (Fsp3) is 0. The van der Waals surface area contributed by atoms with Gasteiger partial charge in [0.1, 0.15) is 0 Å². The van der Waals surface area contributed by atoms with Crippen LogP contribution in [-0.4, -0.2) is 0 Å². The van der Waals surface area contributed by atoms with E-state index in [0.717, 1.165) is 33.9 Å². The average molecular weight is 443 g/mol. The quantitative estimate of drug-likeness (QED) is 0.284. The van der Waals surface area contributed by atoms with Crippen molar-refractivity contribution in [3.05, 3.63) is 88.9 Å². The van der Waals surface area contributed by atoms with E-state index in [0.29, 0.717) is 15.3 Å². The second-order valence-electron chi connectivity index (χ2n) is 5.06. The number of benzene rings is 3. The lowest BCUT2D eigenvalue weighted by molar-refractivity contribution is 0.446. The summed E-state index contributed by atoms with van der Waals surface area (Å²) in [7, 11) is -3.59. The van der Waals surface area contributed by atoms with Crippen LogP contribution in [0.2, 0.25) is 10.0 Å². The molecular weight excluding hydrogens is 430 g/mol. The Morgan fingerprint density at radius 1 is 0.692 bits per heavy atom. The Kier molecular flexibility index (Phi) is 7.12. The molecule has 0 saturated heterocycles. The van der Waals surface area contributed by atoms with Gasteiger partial charge < -0.3 is 0 Å². The summed E-state index contributed by atoms with van der Waals surface area (Å²) in [5.41, 5.74) is 0. The second-order valence-corrected chi connectivity index (χ2v) is 9.92. The summed E-state index contributed by atoms with van der Waals surface area (Å²) >= 11 is 13.9. The lowest BCUT2D eigenvalue weighted by Crippen LogP contribution is -2.05. The van der Waals surface area contributed by atoms with Crippen LogP contribution in [0.1, 0.15) is 0 Å². The number of rotatable bonds is 7. The zero-order valence-corrected chi connectivity index (χ0v) is 17.3. The van der Waals surface area contributed by atoms with Crippen molar-refractivity contribution in [2.24, 2.45) is 0 Å². The maximum atomic E-state index is 13.4. The van der Waals surface area contributed by atoms with Gasteiger partial charge in [-0.2, -0.15) is 0 Å². The molecule has 8 heteroatoms. The molecule has 0 N–H and O–H groups in total. The smallest absolute Gasteiger partial charge is 0.252 e. The van der Waals surface area contributed by atoms with Gasteiger partial charge >= 0.3 is 7.60 Å². The molecule has 0 unspecified atom stereocenters. The van der Waals surface area contributed by atoms with Crippen LogP contribution in [0.5, 0.6) is 0 Å². The van der Waals surface area contributed by atoms with Crippen LogP contribution in [-0.2, 0) is 12.5 Å². The van der Waals surface area contributed by atoms with Crippen molar-refractivity contribution in [1.82, 2.24) is 0 Å². The summed E-state index contributed by atoms with van der Waals surface area (Å²) in [6.07, 6.45) is 0. The molecule has 26 heavy (non-hydrogen) atoms. The maximum Gasteiger partial charge on any atom is 0.384 e. The van der Waals surface area contributed by atoms with Gasteiger partial charge in [0.2, 0.25) is 0 Å². The highest BCUT2D eigenvalue weighted by atomic mass is 35.5. The van der Waals surface area contributed by atoms with Gasteiger partial charge in [-0.05, 0) is 48.5 Å². The first-order chi connectivity index (χ1) is 12.5. The third-order valence-electron chi connectivity index (χ3n) is 3.13. The lowest BCUT2D eigenvalue weighted by Gasteiger charge is -2.16. The van der Waals surface area contributed by atoms with Gasteiger partial charge in [0.15, 0.2) is 0 Å². The van der Waals surface area contributed by atoms with Crippen molar-refractivity contribution in [2.45, 2.75) is 9.79 Å². The van der Waals surface area contributed by atoms with Gasteiger partial charge in [-0.1, -0.05) is 53.5 Å². The van der Waals surface area contributed by atoms with Crippen LogP contribution in [0.15, 0.2) is 88.7 Å². The zero-order valence-electron chi connectivity index (χ0n) is 13.2. The molecule has 0 saturated carbocycles. The largest absolute Gasteiger partial charge is 0.384 e. The number of halogens is 2. The van der Waals surface area contributed by atoms with Crippen molar-refractivity contribution < 1.29 is 12.5 Å². The first kappa shape index (κ1) is 19.8. The maximum absolute atomic E-state index is 13.4. The van der Waals surface area contributed by atoms with E-state index in [2.05, 4.69) is 0 Å². The van der Waals surface area contributed by atoms with Crippen molar-refractivity contribution in [1.29, 1.82) is 0 Å². The van der Waals surface area contributed by atoms with E-state index < -0.39 is 7.60 Å². The van der Waals surface area contributed by atoms with Crippen molar-refractivity contribution in [3.8, 4) is 0 Å². The Morgan fingerprint density at radius 3 is 1.65 bits per heavy atom. The molecule has 0 aliphatic heterocycles. The van der Waals surface area contributed by atoms with Gasteiger partial charge in [-0.3, -0.25) is 4.57 Å². The highest BCUT2D eigenvalue weighted by Gasteiger charge is 2.30. The van der Waals surface area contributed by atoms with Gasteiger partial charge in [0.05, 0.1) is 5.30 Å². The molecule has 3 aromatic rings. The SMILES string of the molecule is O=P(OSc1cccc(Cl)c1)(OSc1cccc(Cl)c1)c1ccccc1. The predicted molar refractivity (Wildman–Crippen MR) is 110 cm³/mol. The molecule has 0 aliphatic rings. The Labute approximate surface area is 171 Å². The minimum Gasteiger partial charge on any atom is -0.252 e. The molecule has 0 aliphatic carbocycles. The fourth-order valence-corrected chi connectivity index (χ4v) is 6.08. The first-order valence-corrected chi connectivity index (χ1v) is 11.2. The van der Waals surface area contributed by atoms with Gasteiger partial charge in [0.25, 0.3) is 0 Å². The fourth-order valence-electron chi connectivity index (χ4n) is 1.93. The van der Waals surface area contributed by atoms with E-state index in [9.17, 15) is 4.57 Å². The molecule has 0 atom stereocenters. The number of hydrogen-bond acceptors (Lipinski definition) is 5. The summed E-state index contributed by atoms with van der Waals surface area (Å²) in [5.74, 6) is 0. The highest BCUT2D eigenvalue weighted by molar-refractivity contribution is 8.03. The van der Waals surface area contributed by atoms with Crippen LogP contribution >= 0.6 is 54.9 Å².